The van der Waals surface area contributed by atoms with Gasteiger partial charge in [0.1, 0.15) is 0 Å². The Morgan fingerprint density at radius 2 is 1.25 bits per heavy atom. The number of benzene rings is 2. The lowest BCUT2D eigenvalue weighted by molar-refractivity contribution is 0.715. The summed E-state index contributed by atoms with van der Waals surface area (Å²) in [6.07, 6.45) is 0. The van der Waals surface area contributed by atoms with Crippen LogP contribution in [0.2, 0.25) is 0 Å². The number of nitrogens with zero attached hydrogens (tertiary/aromatic N) is 1. The van der Waals surface area contributed by atoms with E-state index in [0.717, 1.165) is 0 Å². The number of para-hydroxylation sites is 1. The maximum absolute atomic E-state index is 2.39. The highest BCUT2D eigenvalue weighted by atomic mass is 31.1. The summed E-state index contributed by atoms with van der Waals surface area (Å²) in [5.41, 5.74) is 4.00. The standard InChI is InChI=1S/C22H32NP/c1-21(2,3)24(22(4,5)6)19-16-12-15-18(20(19)23(7)8)17-13-10-9-11-14-17/h9-16H,1-8H3. The maximum Gasteiger partial charge on any atom is 0.0519 e. The Hall–Kier alpha value is -1.33. The van der Waals surface area contributed by atoms with Crippen molar-refractivity contribution in [3.05, 3.63) is 48.5 Å². The first-order valence-electron chi connectivity index (χ1n) is 8.69. The van der Waals surface area contributed by atoms with Crippen LogP contribution in [0.3, 0.4) is 0 Å². The van der Waals surface area contributed by atoms with E-state index in [4.69, 9.17) is 0 Å². The number of rotatable bonds is 3. The largest absolute Gasteiger partial charge is 0.377 e. The molecular weight excluding hydrogens is 309 g/mol. The molecular formula is C22H32NP. The average molecular weight is 341 g/mol. The minimum absolute atomic E-state index is 0.258. The monoisotopic (exact) mass is 341 g/mol. The molecule has 0 aromatic heterocycles. The van der Waals surface area contributed by atoms with Crippen molar-refractivity contribution in [2.24, 2.45) is 0 Å². The third-order valence-electron chi connectivity index (χ3n) is 4.13. The fourth-order valence-corrected chi connectivity index (χ4v) is 7.99. The van der Waals surface area contributed by atoms with E-state index in [1.807, 2.05) is 0 Å². The van der Waals surface area contributed by atoms with Crippen LogP contribution in [-0.4, -0.2) is 24.4 Å². The summed E-state index contributed by atoms with van der Waals surface area (Å²) in [5, 5.41) is 2.03. The van der Waals surface area contributed by atoms with E-state index >= 15 is 0 Å². The van der Waals surface area contributed by atoms with Gasteiger partial charge in [0.25, 0.3) is 0 Å². The molecule has 0 fully saturated rings. The fraction of sp³-hybridized carbons (Fsp3) is 0.455. The third kappa shape index (κ3) is 4.01. The molecule has 0 heterocycles. The van der Waals surface area contributed by atoms with Crippen molar-refractivity contribution in [2.75, 3.05) is 19.0 Å². The average Bonchev–Trinajstić information content (AvgIpc) is 2.44. The zero-order chi connectivity index (χ0) is 18.1. The van der Waals surface area contributed by atoms with E-state index in [2.05, 4.69) is 109 Å². The molecule has 0 bridgehead atoms. The molecule has 0 spiro atoms. The first kappa shape index (κ1) is 19.0. The van der Waals surface area contributed by atoms with Crippen LogP contribution >= 0.6 is 7.92 Å². The Balaban J connectivity index is 2.75. The summed E-state index contributed by atoms with van der Waals surface area (Å²) in [4.78, 5) is 2.30. The molecule has 0 aliphatic carbocycles. The number of hydrogen-bond acceptors (Lipinski definition) is 1. The smallest absolute Gasteiger partial charge is 0.0519 e. The molecule has 0 aliphatic heterocycles. The Morgan fingerprint density at radius 3 is 1.71 bits per heavy atom. The molecule has 2 heteroatoms. The first-order chi connectivity index (χ1) is 11.0. The molecule has 0 unspecified atom stereocenters. The zero-order valence-electron chi connectivity index (χ0n) is 16.5. The highest BCUT2D eigenvalue weighted by Crippen LogP contribution is 2.60. The zero-order valence-corrected chi connectivity index (χ0v) is 17.4. The van der Waals surface area contributed by atoms with Crippen LogP contribution < -0.4 is 10.2 Å². The molecule has 0 N–H and O–H groups in total. The summed E-state index contributed by atoms with van der Waals surface area (Å²) in [6, 6.07) is 17.6. The Kier molecular flexibility index (Phi) is 5.45. The summed E-state index contributed by atoms with van der Waals surface area (Å²) in [6.45, 7) is 14.3. The van der Waals surface area contributed by atoms with Crippen molar-refractivity contribution in [2.45, 2.75) is 51.9 Å². The summed E-state index contributed by atoms with van der Waals surface area (Å²) in [5.74, 6) is 0. The van der Waals surface area contributed by atoms with Crippen molar-refractivity contribution in [1.82, 2.24) is 0 Å². The molecule has 2 aromatic rings. The van der Waals surface area contributed by atoms with E-state index in [1.54, 1.807) is 0 Å². The van der Waals surface area contributed by atoms with Crippen LogP contribution in [0.15, 0.2) is 48.5 Å². The number of anilines is 1. The van der Waals surface area contributed by atoms with Gasteiger partial charge in [-0.2, -0.15) is 0 Å². The van der Waals surface area contributed by atoms with E-state index in [0.29, 0.717) is 0 Å². The molecule has 0 saturated carbocycles. The van der Waals surface area contributed by atoms with Gasteiger partial charge >= 0.3 is 0 Å². The maximum atomic E-state index is 2.39. The van der Waals surface area contributed by atoms with Crippen LogP contribution in [0.5, 0.6) is 0 Å². The van der Waals surface area contributed by atoms with Gasteiger partial charge < -0.3 is 4.90 Å². The van der Waals surface area contributed by atoms with E-state index < -0.39 is 0 Å². The fourth-order valence-electron chi connectivity index (χ4n) is 3.76. The normalized spacial score (nSPS) is 12.5. The van der Waals surface area contributed by atoms with E-state index in [1.165, 1.54) is 22.1 Å². The Labute approximate surface area is 149 Å². The molecule has 0 atom stereocenters. The van der Waals surface area contributed by atoms with E-state index in [-0.39, 0.29) is 18.2 Å². The van der Waals surface area contributed by atoms with Crippen molar-refractivity contribution in [3.8, 4) is 11.1 Å². The molecule has 24 heavy (non-hydrogen) atoms. The van der Waals surface area contributed by atoms with Crippen molar-refractivity contribution in [3.63, 3.8) is 0 Å². The Morgan fingerprint density at radius 1 is 0.708 bits per heavy atom. The molecule has 0 amide bonds. The lowest BCUT2D eigenvalue weighted by atomic mass is 10.0. The van der Waals surface area contributed by atoms with Crippen LogP contribution in [0.1, 0.15) is 41.5 Å². The molecule has 0 radical (unpaired) electrons. The molecule has 130 valence electrons. The molecule has 2 rings (SSSR count). The lowest BCUT2D eigenvalue weighted by Gasteiger charge is -2.43. The van der Waals surface area contributed by atoms with Gasteiger partial charge in [-0.05, 0) is 15.9 Å². The second-order valence-electron chi connectivity index (χ2n) is 8.61. The van der Waals surface area contributed by atoms with Crippen LogP contribution in [0.4, 0.5) is 5.69 Å². The van der Waals surface area contributed by atoms with Gasteiger partial charge in [-0.1, -0.05) is 98.0 Å². The molecule has 2 aromatic carbocycles. The van der Waals surface area contributed by atoms with Crippen molar-refractivity contribution < 1.29 is 0 Å². The van der Waals surface area contributed by atoms with Crippen LogP contribution in [0.25, 0.3) is 11.1 Å². The molecule has 0 saturated heterocycles. The van der Waals surface area contributed by atoms with Gasteiger partial charge in [0.05, 0.1) is 5.69 Å². The Bertz CT molecular complexity index is 661. The summed E-state index contributed by atoms with van der Waals surface area (Å²) in [7, 11) is 4.00. The predicted octanol–water partition coefficient (Wildman–Crippen LogP) is 6.12. The molecule has 0 aliphatic rings. The summed E-state index contributed by atoms with van der Waals surface area (Å²) >= 11 is 0. The van der Waals surface area contributed by atoms with Gasteiger partial charge in [0.2, 0.25) is 0 Å². The quantitative estimate of drug-likeness (QED) is 0.608. The molecule has 1 nitrogen and oxygen atoms in total. The highest BCUT2D eigenvalue weighted by molar-refractivity contribution is 7.68. The van der Waals surface area contributed by atoms with Gasteiger partial charge in [0, 0.05) is 25.0 Å². The minimum atomic E-state index is -0.339. The van der Waals surface area contributed by atoms with Crippen molar-refractivity contribution >= 4 is 18.9 Å². The predicted molar refractivity (Wildman–Crippen MR) is 112 cm³/mol. The second-order valence-corrected chi connectivity index (χ2v) is 12.4. The third-order valence-corrected chi connectivity index (χ3v) is 7.66. The topological polar surface area (TPSA) is 3.24 Å². The summed E-state index contributed by atoms with van der Waals surface area (Å²) < 4.78 is 0. The van der Waals surface area contributed by atoms with Crippen LogP contribution in [0, 0.1) is 0 Å². The SMILES string of the molecule is CN(C)c1c(-c2ccccc2)cccc1P(C(C)(C)C)C(C)(C)C. The van der Waals surface area contributed by atoms with Gasteiger partial charge in [-0.3, -0.25) is 0 Å². The first-order valence-corrected chi connectivity index (χ1v) is 10.0. The highest BCUT2D eigenvalue weighted by Gasteiger charge is 2.37. The van der Waals surface area contributed by atoms with Gasteiger partial charge in [0.15, 0.2) is 0 Å². The minimum Gasteiger partial charge on any atom is -0.377 e. The van der Waals surface area contributed by atoms with Gasteiger partial charge in [-0.15, -0.1) is 0 Å². The second kappa shape index (κ2) is 6.89. The van der Waals surface area contributed by atoms with Crippen molar-refractivity contribution in [1.29, 1.82) is 0 Å². The number of hydrogen-bond donors (Lipinski definition) is 0. The van der Waals surface area contributed by atoms with E-state index in [9.17, 15) is 0 Å². The lowest BCUT2D eigenvalue weighted by Crippen LogP contribution is -2.33. The van der Waals surface area contributed by atoms with Gasteiger partial charge in [-0.25, -0.2) is 0 Å². The van der Waals surface area contributed by atoms with Crippen LogP contribution in [-0.2, 0) is 0 Å².